The van der Waals surface area contributed by atoms with Gasteiger partial charge in [-0.15, -0.1) is 0 Å². The molecule has 1 aliphatic carbocycles. The van der Waals surface area contributed by atoms with E-state index in [2.05, 4.69) is 5.32 Å². The lowest BCUT2D eigenvalue weighted by Crippen LogP contribution is -2.40. The third kappa shape index (κ3) is 2.36. The Morgan fingerprint density at radius 2 is 2.00 bits per heavy atom. The van der Waals surface area contributed by atoms with Gasteiger partial charge < -0.3 is 5.32 Å². The second-order valence-corrected chi connectivity index (χ2v) is 3.14. The Labute approximate surface area is 52.3 Å². The first kappa shape index (κ1) is 6.15. The molecule has 1 nitrogen and oxygen atoms in total. The molecule has 1 rings (SSSR count). The fraction of sp³-hybridized carbons (Fsp3) is 1.00. The molecule has 0 heterocycles. The van der Waals surface area contributed by atoms with Gasteiger partial charge in [-0.25, -0.2) is 0 Å². The highest BCUT2D eigenvalue weighted by molar-refractivity contribution is 6.14. The maximum atomic E-state index is 5.67. The van der Waals surface area contributed by atoms with Crippen LogP contribution >= 0.6 is 0 Å². The molecule has 0 bridgehead atoms. The normalized spacial score (nSPS) is 21.2. The average molecular weight is 109 g/mol. The van der Waals surface area contributed by atoms with Crippen LogP contribution in [0.25, 0.3) is 0 Å². The standard InChI is InChI=1S/C6H12BN/c1-6(2,7)8-5-3-4-5/h5,8H,3-4H2,1-2H3. The highest BCUT2D eigenvalue weighted by Crippen LogP contribution is 2.20. The fourth-order valence-corrected chi connectivity index (χ4v) is 0.754. The summed E-state index contributed by atoms with van der Waals surface area (Å²) in [5.41, 5.74) is -0.166. The van der Waals surface area contributed by atoms with Crippen LogP contribution in [0.3, 0.4) is 0 Å². The molecule has 0 aromatic rings. The van der Waals surface area contributed by atoms with Crippen LogP contribution in [0.5, 0.6) is 0 Å². The van der Waals surface area contributed by atoms with Crippen LogP contribution in [0, 0.1) is 0 Å². The SMILES string of the molecule is [B]C(C)(C)NC1CC1. The number of nitrogens with one attached hydrogen (secondary N) is 1. The van der Waals surface area contributed by atoms with Gasteiger partial charge in [-0.2, -0.15) is 0 Å². The van der Waals surface area contributed by atoms with Gasteiger partial charge in [-0.3, -0.25) is 0 Å². The van der Waals surface area contributed by atoms with Gasteiger partial charge >= 0.3 is 0 Å². The van der Waals surface area contributed by atoms with Crippen LogP contribution in [-0.4, -0.2) is 19.3 Å². The van der Waals surface area contributed by atoms with Crippen molar-refractivity contribution in [1.82, 2.24) is 5.32 Å². The summed E-state index contributed by atoms with van der Waals surface area (Å²) in [6.07, 6.45) is 2.61. The van der Waals surface area contributed by atoms with Crippen LogP contribution in [0.2, 0.25) is 0 Å². The van der Waals surface area contributed by atoms with E-state index in [1.165, 1.54) is 12.8 Å². The second-order valence-electron chi connectivity index (χ2n) is 3.14. The second kappa shape index (κ2) is 1.76. The molecular formula is C6H12BN. The lowest BCUT2D eigenvalue weighted by molar-refractivity contribution is 0.526. The summed E-state index contributed by atoms with van der Waals surface area (Å²) in [5, 5.41) is 3.27. The van der Waals surface area contributed by atoms with Crippen molar-refractivity contribution in [2.75, 3.05) is 0 Å². The fourth-order valence-electron chi connectivity index (χ4n) is 0.754. The summed E-state index contributed by atoms with van der Waals surface area (Å²) in [7, 11) is 5.67. The molecule has 8 heavy (non-hydrogen) atoms. The first-order valence-corrected chi connectivity index (χ1v) is 3.14. The predicted molar refractivity (Wildman–Crippen MR) is 36.0 cm³/mol. The van der Waals surface area contributed by atoms with Gasteiger partial charge in [-0.1, -0.05) is 13.8 Å². The van der Waals surface area contributed by atoms with Crippen molar-refractivity contribution in [3.05, 3.63) is 0 Å². The van der Waals surface area contributed by atoms with Gasteiger partial charge in [0.25, 0.3) is 0 Å². The Kier molecular flexibility index (Phi) is 1.36. The number of rotatable bonds is 2. The van der Waals surface area contributed by atoms with E-state index in [1.807, 2.05) is 13.8 Å². The van der Waals surface area contributed by atoms with E-state index in [-0.39, 0.29) is 5.44 Å². The Bertz CT molecular complexity index is 81.0. The summed E-state index contributed by atoms with van der Waals surface area (Å²) in [6, 6.07) is 0.718. The summed E-state index contributed by atoms with van der Waals surface area (Å²) in [5.74, 6) is 0. The van der Waals surface area contributed by atoms with E-state index in [9.17, 15) is 0 Å². The number of hydrogen-bond donors (Lipinski definition) is 1. The minimum absolute atomic E-state index is 0.166. The van der Waals surface area contributed by atoms with Gasteiger partial charge in [0.2, 0.25) is 0 Å². The summed E-state index contributed by atoms with van der Waals surface area (Å²) in [4.78, 5) is 0. The third-order valence-corrected chi connectivity index (χ3v) is 1.15. The zero-order valence-corrected chi connectivity index (χ0v) is 5.57. The van der Waals surface area contributed by atoms with Crippen LogP contribution in [0.15, 0.2) is 0 Å². The third-order valence-electron chi connectivity index (χ3n) is 1.15. The first-order chi connectivity index (χ1) is 3.58. The van der Waals surface area contributed by atoms with Crippen molar-refractivity contribution < 1.29 is 0 Å². The van der Waals surface area contributed by atoms with Gasteiger partial charge in [0.15, 0.2) is 0 Å². The molecule has 2 radical (unpaired) electrons. The molecule has 2 heteroatoms. The Balaban J connectivity index is 2.16. The lowest BCUT2D eigenvalue weighted by atomic mass is 9.82. The maximum Gasteiger partial charge on any atom is 0.0946 e. The van der Waals surface area contributed by atoms with Gasteiger partial charge in [0, 0.05) is 6.04 Å². The highest BCUT2D eigenvalue weighted by atomic mass is 15.0. The highest BCUT2D eigenvalue weighted by Gasteiger charge is 2.25. The Morgan fingerprint density at radius 1 is 1.50 bits per heavy atom. The van der Waals surface area contributed by atoms with Gasteiger partial charge in [-0.05, 0) is 18.3 Å². The molecule has 0 saturated heterocycles. The molecule has 1 saturated carbocycles. The van der Waals surface area contributed by atoms with Gasteiger partial charge in [0.1, 0.15) is 0 Å². The summed E-state index contributed by atoms with van der Waals surface area (Å²) < 4.78 is 0. The molecule has 0 atom stereocenters. The molecule has 44 valence electrons. The topological polar surface area (TPSA) is 12.0 Å². The van der Waals surface area contributed by atoms with Crippen molar-refractivity contribution in [3.63, 3.8) is 0 Å². The molecule has 1 fully saturated rings. The largest absolute Gasteiger partial charge is 0.317 e. The molecule has 1 aliphatic rings. The van der Waals surface area contributed by atoms with E-state index in [0.717, 1.165) is 6.04 Å². The van der Waals surface area contributed by atoms with Crippen molar-refractivity contribution in [3.8, 4) is 0 Å². The average Bonchev–Trinajstić information content (AvgIpc) is 2.12. The quantitative estimate of drug-likeness (QED) is 0.513. The molecule has 0 aromatic carbocycles. The smallest absolute Gasteiger partial charge is 0.0946 e. The molecule has 0 amide bonds. The maximum absolute atomic E-state index is 5.67. The molecular weight excluding hydrogens is 96.9 g/mol. The van der Waals surface area contributed by atoms with E-state index >= 15 is 0 Å². The molecule has 0 aromatic heterocycles. The minimum Gasteiger partial charge on any atom is -0.317 e. The van der Waals surface area contributed by atoms with Crippen LogP contribution in [0.1, 0.15) is 26.7 Å². The van der Waals surface area contributed by atoms with Crippen molar-refractivity contribution in [1.29, 1.82) is 0 Å². The van der Waals surface area contributed by atoms with Gasteiger partial charge in [0.05, 0.1) is 7.85 Å². The number of hydrogen-bond acceptors (Lipinski definition) is 1. The molecule has 1 N–H and O–H groups in total. The van der Waals surface area contributed by atoms with Crippen molar-refractivity contribution in [2.24, 2.45) is 0 Å². The van der Waals surface area contributed by atoms with Crippen molar-refractivity contribution in [2.45, 2.75) is 38.2 Å². The zero-order valence-electron chi connectivity index (χ0n) is 5.57. The van der Waals surface area contributed by atoms with Crippen molar-refractivity contribution >= 4 is 7.85 Å². The summed E-state index contributed by atoms with van der Waals surface area (Å²) >= 11 is 0. The minimum atomic E-state index is -0.166. The van der Waals surface area contributed by atoms with Crippen LogP contribution < -0.4 is 5.32 Å². The molecule has 0 aliphatic heterocycles. The molecule has 0 spiro atoms. The lowest BCUT2D eigenvalue weighted by Gasteiger charge is -2.20. The summed E-state index contributed by atoms with van der Waals surface area (Å²) in [6.45, 7) is 3.98. The first-order valence-electron chi connectivity index (χ1n) is 3.14. The Hall–Kier alpha value is 0.0249. The van der Waals surface area contributed by atoms with E-state index in [1.54, 1.807) is 0 Å². The van der Waals surface area contributed by atoms with E-state index < -0.39 is 0 Å². The van der Waals surface area contributed by atoms with Crippen LogP contribution in [-0.2, 0) is 0 Å². The zero-order chi connectivity index (χ0) is 6.20. The van der Waals surface area contributed by atoms with E-state index in [4.69, 9.17) is 7.85 Å². The Morgan fingerprint density at radius 3 is 2.12 bits per heavy atom. The predicted octanol–water partition coefficient (Wildman–Crippen LogP) is 0.643. The molecule has 0 unspecified atom stereocenters. The van der Waals surface area contributed by atoms with E-state index in [0.29, 0.717) is 0 Å². The monoisotopic (exact) mass is 109 g/mol. The van der Waals surface area contributed by atoms with Crippen LogP contribution in [0.4, 0.5) is 0 Å².